The molecule has 3 nitrogen and oxygen atoms in total. The normalized spacial score (nSPS) is 10.6. The fourth-order valence-corrected chi connectivity index (χ4v) is 2.02. The second kappa shape index (κ2) is 4.07. The highest BCUT2D eigenvalue weighted by atomic mass is 32.1. The predicted octanol–water partition coefficient (Wildman–Crippen LogP) is 3.35. The number of aromatic amines is 1. The summed E-state index contributed by atoms with van der Waals surface area (Å²) in [7, 11) is 0. The van der Waals surface area contributed by atoms with Crippen LogP contribution >= 0.6 is 12.2 Å². The van der Waals surface area contributed by atoms with Gasteiger partial charge in [0.1, 0.15) is 0 Å². The molecule has 2 heterocycles. The quantitative estimate of drug-likeness (QED) is 0.662. The van der Waals surface area contributed by atoms with Gasteiger partial charge >= 0.3 is 0 Å². The Morgan fingerprint density at radius 1 is 0.941 bits per heavy atom. The minimum atomic E-state index is 0.482. The number of nitrogens with one attached hydrogen (secondary N) is 1. The molecule has 0 unspecified atom stereocenters. The highest BCUT2D eigenvalue weighted by molar-refractivity contribution is 7.71. The van der Waals surface area contributed by atoms with E-state index in [0.717, 1.165) is 22.2 Å². The SMILES string of the molecule is S=c1nccc(-c2cccc3cccnc23)[nH]1. The van der Waals surface area contributed by atoms with Crippen molar-refractivity contribution in [2.24, 2.45) is 0 Å². The molecule has 82 valence electrons. The molecular weight excluding hydrogens is 230 g/mol. The first kappa shape index (κ1) is 10.1. The van der Waals surface area contributed by atoms with E-state index in [9.17, 15) is 0 Å². The number of pyridine rings is 1. The van der Waals surface area contributed by atoms with Crippen LogP contribution in [0.25, 0.3) is 22.2 Å². The number of para-hydroxylation sites is 1. The molecule has 4 heteroatoms. The minimum absolute atomic E-state index is 0.482. The molecule has 0 saturated carbocycles. The molecule has 3 aromatic rings. The maximum atomic E-state index is 5.04. The molecule has 0 aliphatic rings. The number of hydrogen-bond acceptors (Lipinski definition) is 3. The van der Waals surface area contributed by atoms with Crippen LogP contribution in [0.15, 0.2) is 48.8 Å². The van der Waals surface area contributed by atoms with Gasteiger partial charge in [0, 0.05) is 23.3 Å². The number of nitrogens with zero attached hydrogens (tertiary/aromatic N) is 2. The van der Waals surface area contributed by atoms with Crippen molar-refractivity contribution in [3.8, 4) is 11.3 Å². The summed E-state index contributed by atoms with van der Waals surface area (Å²) in [6, 6.07) is 12.0. The zero-order valence-electron chi connectivity index (χ0n) is 8.92. The molecule has 1 aromatic carbocycles. The largest absolute Gasteiger partial charge is 0.330 e. The highest BCUT2D eigenvalue weighted by Gasteiger charge is 2.04. The van der Waals surface area contributed by atoms with Crippen LogP contribution in [0.3, 0.4) is 0 Å². The van der Waals surface area contributed by atoms with Crippen molar-refractivity contribution >= 4 is 23.1 Å². The molecule has 0 aliphatic carbocycles. The van der Waals surface area contributed by atoms with Gasteiger partial charge in [0.25, 0.3) is 0 Å². The average Bonchev–Trinajstić information content (AvgIpc) is 2.38. The van der Waals surface area contributed by atoms with Crippen LogP contribution in [0.2, 0.25) is 0 Å². The van der Waals surface area contributed by atoms with E-state index in [1.165, 1.54) is 0 Å². The Morgan fingerprint density at radius 3 is 2.71 bits per heavy atom. The summed E-state index contributed by atoms with van der Waals surface area (Å²) in [5.74, 6) is 0. The van der Waals surface area contributed by atoms with Crippen molar-refractivity contribution in [1.29, 1.82) is 0 Å². The van der Waals surface area contributed by atoms with E-state index >= 15 is 0 Å². The monoisotopic (exact) mass is 239 g/mol. The second-order valence-electron chi connectivity index (χ2n) is 3.67. The minimum Gasteiger partial charge on any atom is -0.330 e. The van der Waals surface area contributed by atoms with Gasteiger partial charge in [-0.15, -0.1) is 0 Å². The molecule has 0 spiro atoms. The molecule has 17 heavy (non-hydrogen) atoms. The zero-order valence-corrected chi connectivity index (χ0v) is 9.74. The molecule has 0 aliphatic heterocycles. The first-order chi connectivity index (χ1) is 8.34. The Morgan fingerprint density at radius 2 is 1.82 bits per heavy atom. The highest BCUT2D eigenvalue weighted by Crippen LogP contribution is 2.24. The predicted molar refractivity (Wildman–Crippen MR) is 70.2 cm³/mol. The third-order valence-electron chi connectivity index (χ3n) is 2.60. The van der Waals surface area contributed by atoms with E-state index in [1.807, 2.05) is 36.4 Å². The van der Waals surface area contributed by atoms with Gasteiger partial charge in [-0.2, -0.15) is 0 Å². The number of H-pyrrole nitrogens is 1. The van der Waals surface area contributed by atoms with Gasteiger partial charge in [0.05, 0.1) is 11.2 Å². The van der Waals surface area contributed by atoms with Crippen LogP contribution in [-0.2, 0) is 0 Å². The van der Waals surface area contributed by atoms with Crippen LogP contribution < -0.4 is 0 Å². The summed E-state index contributed by atoms with van der Waals surface area (Å²) in [5.41, 5.74) is 2.94. The second-order valence-corrected chi connectivity index (χ2v) is 4.06. The molecule has 0 saturated heterocycles. The summed E-state index contributed by atoms with van der Waals surface area (Å²) in [4.78, 5) is 11.5. The van der Waals surface area contributed by atoms with Crippen LogP contribution in [0.1, 0.15) is 0 Å². The van der Waals surface area contributed by atoms with Gasteiger partial charge in [-0.25, -0.2) is 4.98 Å². The van der Waals surface area contributed by atoms with Crippen molar-refractivity contribution in [2.75, 3.05) is 0 Å². The molecule has 1 N–H and O–H groups in total. The number of benzene rings is 1. The van der Waals surface area contributed by atoms with Gasteiger partial charge in [-0.05, 0) is 24.4 Å². The van der Waals surface area contributed by atoms with Crippen LogP contribution in [0.5, 0.6) is 0 Å². The Balaban J connectivity index is 2.34. The van der Waals surface area contributed by atoms with Crippen LogP contribution in [-0.4, -0.2) is 15.0 Å². The molecule has 0 atom stereocenters. The van der Waals surface area contributed by atoms with E-state index in [2.05, 4.69) is 15.0 Å². The Kier molecular flexibility index (Phi) is 2.42. The standard InChI is InChI=1S/C13H9N3S/c17-13-15-8-6-11(16-13)10-5-1-3-9-4-2-7-14-12(9)10/h1-8H,(H,15,16,17). The molecule has 0 fully saturated rings. The van der Waals surface area contributed by atoms with Crippen LogP contribution in [0, 0.1) is 4.77 Å². The molecule has 0 radical (unpaired) electrons. The number of rotatable bonds is 1. The van der Waals surface area contributed by atoms with Crippen molar-refractivity contribution in [3.63, 3.8) is 0 Å². The third kappa shape index (κ3) is 1.83. The van der Waals surface area contributed by atoms with E-state index in [-0.39, 0.29) is 0 Å². The molecule has 0 bridgehead atoms. The molecule has 3 rings (SSSR count). The summed E-state index contributed by atoms with van der Waals surface area (Å²) in [6.07, 6.45) is 3.50. The Labute approximate surface area is 103 Å². The van der Waals surface area contributed by atoms with Crippen LogP contribution in [0.4, 0.5) is 0 Å². The van der Waals surface area contributed by atoms with Gasteiger partial charge in [-0.1, -0.05) is 24.3 Å². The summed E-state index contributed by atoms with van der Waals surface area (Å²) >= 11 is 5.04. The third-order valence-corrected chi connectivity index (χ3v) is 2.80. The number of hydrogen-bond donors (Lipinski definition) is 1. The first-order valence-electron chi connectivity index (χ1n) is 5.24. The Bertz CT molecular complexity index is 728. The van der Waals surface area contributed by atoms with Crippen molar-refractivity contribution in [3.05, 3.63) is 53.6 Å². The van der Waals surface area contributed by atoms with Crippen molar-refractivity contribution in [1.82, 2.24) is 15.0 Å². The van der Waals surface area contributed by atoms with Gasteiger partial charge in [-0.3, -0.25) is 4.98 Å². The van der Waals surface area contributed by atoms with Gasteiger partial charge in [0.2, 0.25) is 0 Å². The van der Waals surface area contributed by atoms with Gasteiger partial charge in [0.15, 0.2) is 4.77 Å². The maximum absolute atomic E-state index is 5.04. The lowest BCUT2D eigenvalue weighted by Gasteiger charge is -2.05. The topological polar surface area (TPSA) is 41.6 Å². The van der Waals surface area contributed by atoms with Gasteiger partial charge < -0.3 is 4.98 Å². The fourth-order valence-electron chi connectivity index (χ4n) is 1.85. The number of fused-ring (bicyclic) bond motifs is 1. The van der Waals surface area contributed by atoms with E-state index < -0.39 is 0 Å². The van der Waals surface area contributed by atoms with E-state index in [0.29, 0.717) is 4.77 Å². The first-order valence-corrected chi connectivity index (χ1v) is 5.65. The lowest BCUT2D eigenvalue weighted by atomic mass is 10.1. The number of aromatic nitrogens is 3. The van der Waals surface area contributed by atoms with Crippen molar-refractivity contribution < 1.29 is 0 Å². The summed E-state index contributed by atoms with van der Waals surface area (Å²) in [5, 5.41) is 1.11. The molecule has 0 amide bonds. The fraction of sp³-hybridized carbons (Fsp3) is 0. The molecular formula is C13H9N3S. The summed E-state index contributed by atoms with van der Waals surface area (Å²) in [6.45, 7) is 0. The van der Waals surface area contributed by atoms with E-state index in [4.69, 9.17) is 12.2 Å². The van der Waals surface area contributed by atoms with E-state index in [1.54, 1.807) is 12.4 Å². The van der Waals surface area contributed by atoms with Crippen molar-refractivity contribution in [2.45, 2.75) is 0 Å². The zero-order chi connectivity index (χ0) is 11.7. The smallest absolute Gasteiger partial charge is 0.197 e. The Hall–Kier alpha value is -2.07. The average molecular weight is 239 g/mol. The summed E-state index contributed by atoms with van der Waals surface area (Å²) < 4.78 is 0.482. The molecule has 2 aromatic heterocycles. The lowest BCUT2D eigenvalue weighted by Crippen LogP contribution is -1.89. The lowest BCUT2D eigenvalue weighted by molar-refractivity contribution is 1.14. The maximum Gasteiger partial charge on any atom is 0.197 e.